The van der Waals surface area contributed by atoms with Crippen LogP contribution in [0.3, 0.4) is 0 Å². The first-order chi connectivity index (χ1) is 9.79. The number of rotatable bonds is 6. The summed E-state index contributed by atoms with van der Waals surface area (Å²) in [7, 11) is 0. The van der Waals surface area contributed by atoms with E-state index >= 15 is 0 Å². The molecule has 0 aliphatic carbocycles. The van der Waals surface area contributed by atoms with Crippen molar-refractivity contribution in [2.45, 2.75) is 25.9 Å². The number of hydrogen-bond donors (Lipinski definition) is 1. The van der Waals surface area contributed by atoms with Gasteiger partial charge in [-0.3, -0.25) is 4.79 Å². The number of halogens is 5. The first kappa shape index (κ1) is 18.5. The molecule has 0 aliphatic rings. The third-order valence-electron chi connectivity index (χ3n) is 3.18. The molecule has 0 aliphatic heterocycles. The maximum atomic E-state index is 13.0. The van der Waals surface area contributed by atoms with Crippen LogP contribution in [0.25, 0.3) is 0 Å². The minimum atomic E-state index is -4.56. The highest BCUT2D eigenvalue weighted by Crippen LogP contribution is 2.33. The van der Waals surface area contributed by atoms with Crippen LogP contribution in [0.1, 0.15) is 35.7 Å². The molecular formula is C14H16Br2F3NO. The van der Waals surface area contributed by atoms with Crippen LogP contribution >= 0.6 is 31.9 Å². The van der Waals surface area contributed by atoms with Crippen LogP contribution in [0.15, 0.2) is 22.7 Å². The minimum absolute atomic E-state index is 0.248. The standard InChI is InChI=1S/C14H16Br2F3NO/c1-2-9(5-6-15)8-20-13(21)11-4-3-10(16)7-12(11)14(17,18)19/h3-4,7,9H,2,5-6,8H2,1H3,(H,20,21). The van der Waals surface area contributed by atoms with E-state index in [1.54, 1.807) is 0 Å². The van der Waals surface area contributed by atoms with Gasteiger partial charge < -0.3 is 5.32 Å². The van der Waals surface area contributed by atoms with E-state index in [1.165, 1.54) is 12.1 Å². The van der Waals surface area contributed by atoms with Gasteiger partial charge in [0.05, 0.1) is 11.1 Å². The third kappa shape index (κ3) is 5.62. The number of nitrogens with one attached hydrogen (secondary N) is 1. The van der Waals surface area contributed by atoms with Gasteiger partial charge in [-0.25, -0.2) is 0 Å². The van der Waals surface area contributed by atoms with Gasteiger partial charge in [0.2, 0.25) is 0 Å². The number of benzene rings is 1. The first-order valence-electron chi connectivity index (χ1n) is 6.50. The molecule has 1 rings (SSSR count). The molecule has 1 atom stereocenters. The Labute approximate surface area is 138 Å². The Morgan fingerprint density at radius 3 is 2.57 bits per heavy atom. The van der Waals surface area contributed by atoms with Gasteiger partial charge in [0.1, 0.15) is 0 Å². The van der Waals surface area contributed by atoms with Crippen LogP contribution < -0.4 is 5.32 Å². The molecule has 7 heteroatoms. The second kappa shape index (κ2) is 8.17. The van der Waals surface area contributed by atoms with Crippen LogP contribution in [-0.4, -0.2) is 17.8 Å². The quantitative estimate of drug-likeness (QED) is 0.631. The van der Waals surface area contributed by atoms with E-state index in [1.807, 2.05) is 6.92 Å². The van der Waals surface area contributed by atoms with Crippen molar-refractivity contribution < 1.29 is 18.0 Å². The normalized spacial score (nSPS) is 13.0. The van der Waals surface area contributed by atoms with Gasteiger partial charge in [-0.1, -0.05) is 45.2 Å². The molecule has 1 aromatic carbocycles. The van der Waals surface area contributed by atoms with Gasteiger partial charge in [0.25, 0.3) is 5.91 Å². The second-order valence-corrected chi connectivity index (χ2v) is 6.36. The minimum Gasteiger partial charge on any atom is -0.352 e. The molecule has 2 nitrogen and oxygen atoms in total. The SMILES string of the molecule is CCC(CCBr)CNC(=O)c1ccc(Br)cc1C(F)(F)F. The number of carbonyl (C=O) groups is 1. The Morgan fingerprint density at radius 1 is 1.38 bits per heavy atom. The molecule has 0 saturated carbocycles. The lowest BCUT2D eigenvalue weighted by Crippen LogP contribution is -2.31. The molecule has 0 heterocycles. The summed E-state index contributed by atoms with van der Waals surface area (Å²) in [4.78, 5) is 12.0. The van der Waals surface area contributed by atoms with Crippen molar-refractivity contribution in [3.63, 3.8) is 0 Å². The molecule has 0 aromatic heterocycles. The zero-order chi connectivity index (χ0) is 16.0. The van der Waals surface area contributed by atoms with Gasteiger partial charge in [-0.15, -0.1) is 0 Å². The molecular weight excluding hydrogens is 415 g/mol. The lowest BCUT2D eigenvalue weighted by molar-refractivity contribution is -0.138. The fraction of sp³-hybridized carbons (Fsp3) is 0.500. The van der Waals surface area contributed by atoms with Gasteiger partial charge in [-0.2, -0.15) is 13.2 Å². The van der Waals surface area contributed by atoms with Crippen LogP contribution in [0, 0.1) is 5.92 Å². The number of hydrogen-bond acceptors (Lipinski definition) is 1. The average Bonchev–Trinajstić information content (AvgIpc) is 2.42. The number of amides is 1. The summed E-state index contributed by atoms with van der Waals surface area (Å²) in [5.74, 6) is -0.444. The van der Waals surface area contributed by atoms with Gasteiger partial charge in [0.15, 0.2) is 0 Å². The maximum Gasteiger partial charge on any atom is 0.417 e. The van der Waals surface area contributed by atoms with Crippen molar-refractivity contribution in [3.05, 3.63) is 33.8 Å². The Hall–Kier alpha value is -0.560. The van der Waals surface area contributed by atoms with E-state index in [-0.39, 0.29) is 16.0 Å². The topological polar surface area (TPSA) is 29.1 Å². The fourth-order valence-electron chi connectivity index (χ4n) is 1.89. The van der Waals surface area contributed by atoms with Crippen molar-refractivity contribution in [1.82, 2.24) is 5.32 Å². The van der Waals surface area contributed by atoms with E-state index in [0.717, 1.165) is 24.2 Å². The van der Waals surface area contributed by atoms with Crippen molar-refractivity contribution in [2.24, 2.45) is 5.92 Å². The Balaban J connectivity index is 2.88. The zero-order valence-electron chi connectivity index (χ0n) is 11.4. The molecule has 0 saturated heterocycles. The summed E-state index contributed by atoms with van der Waals surface area (Å²) < 4.78 is 39.2. The maximum absolute atomic E-state index is 13.0. The molecule has 0 bridgehead atoms. The van der Waals surface area contributed by atoms with Crippen LogP contribution in [0.2, 0.25) is 0 Å². The molecule has 1 N–H and O–H groups in total. The predicted octanol–water partition coefficient (Wildman–Crippen LogP) is 5.01. The van der Waals surface area contributed by atoms with E-state index in [0.29, 0.717) is 6.54 Å². The third-order valence-corrected chi connectivity index (χ3v) is 4.13. The lowest BCUT2D eigenvalue weighted by atomic mass is 10.0. The van der Waals surface area contributed by atoms with E-state index in [2.05, 4.69) is 37.2 Å². The summed E-state index contributed by atoms with van der Waals surface area (Å²) in [6.07, 6.45) is -2.84. The summed E-state index contributed by atoms with van der Waals surface area (Å²) in [6.45, 7) is 2.36. The molecule has 118 valence electrons. The van der Waals surface area contributed by atoms with Crippen molar-refractivity contribution in [3.8, 4) is 0 Å². The molecule has 0 fully saturated rings. The molecule has 1 aromatic rings. The molecule has 1 amide bonds. The average molecular weight is 431 g/mol. The summed E-state index contributed by atoms with van der Waals surface area (Å²) >= 11 is 6.32. The lowest BCUT2D eigenvalue weighted by Gasteiger charge is -2.16. The van der Waals surface area contributed by atoms with Crippen molar-refractivity contribution in [2.75, 3.05) is 11.9 Å². The van der Waals surface area contributed by atoms with Crippen LogP contribution in [0.4, 0.5) is 13.2 Å². The highest BCUT2D eigenvalue weighted by molar-refractivity contribution is 9.10. The molecule has 0 spiro atoms. The zero-order valence-corrected chi connectivity index (χ0v) is 14.6. The summed E-state index contributed by atoms with van der Waals surface area (Å²) in [5, 5.41) is 3.39. The number of carbonyl (C=O) groups excluding carboxylic acids is 1. The highest BCUT2D eigenvalue weighted by atomic mass is 79.9. The van der Waals surface area contributed by atoms with E-state index in [4.69, 9.17) is 0 Å². The van der Waals surface area contributed by atoms with Gasteiger partial charge in [0, 0.05) is 16.3 Å². The second-order valence-electron chi connectivity index (χ2n) is 4.65. The largest absolute Gasteiger partial charge is 0.417 e. The predicted molar refractivity (Wildman–Crippen MR) is 83.7 cm³/mol. The van der Waals surface area contributed by atoms with Crippen molar-refractivity contribution in [1.29, 1.82) is 0 Å². The van der Waals surface area contributed by atoms with E-state index < -0.39 is 17.6 Å². The van der Waals surface area contributed by atoms with Gasteiger partial charge >= 0.3 is 6.18 Å². The smallest absolute Gasteiger partial charge is 0.352 e. The Kier molecular flexibility index (Phi) is 7.20. The Morgan fingerprint density at radius 2 is 2.05 bits per heavy atom. The van der Waals surface area contributed by atoms with Crippen LogP contribution in [-0.2, 0) is 6.18 Å². The summed E-state index contributed by atoms with van der Waals surface area (Å²) in [6, 6.07) is 3.54. The fourth-order valence-corrected chi connectivity index (χ4v) is 2.89. The molecule has 21 heavy (non-hydrogen) atoms. The van der Waals surface area contributed by atoms with Crippen LogP contribution in [0.5, 0.6) is 0 Å². The van der Waals surface area contributed by atoms with Crippen molar-refractivity contribution >= 4 is 37.8 Å². The Bertz CT molecular complexity index is 492. The monoisotopic (exact) mass is 429 g/mol. The van der Waals surface area contributed by atoms with E-state index in [9.17, 15) is 18.0 Å². The molecule has 1 unspecified atom stereocenters. The first-order valence-corrected chi connectivity index (χ1v) is 8.42. The van der Waals surface area contributed by atoms with Gasteiger partial charge in [-0.05, 0) is 30.5 Å². The number of alkyl halides is 4. The molecule has 0 radical (unpaired) electrons. The highest BCUT2D eigenvalue weighted by Gasteiger charge is 2.35. The summed E-state index contributed by atoms with van der Waals surface area (Å²) in [5.41, 5.74) is -1.28.